The van der Waals surface area contributed by atoms with Crippen molar-refractivity contribution in [1.29, 1.82) is 0 Å². The first-order valence-electron chi connectivity index (χ1n) is 7.05. The van der Waals surface area contributed by atoms with E-state index in [1.807, 2.05) is 0 Å². The van der Waals surface area contributed by atoms with Crippen molar-refractivity contribution in [1.82, 2.24) is 0 Å². The third-order valence-corrected chi connectivity index (χ3v) is 4.66. The molecule has 3 atom stereocenters. The Labute approximate surface area is 164 Å². The minimum absolute atomic E-state index is 0. The maximum atomic E-state index is 13.0. The van der Waals surface area contributed by atoms with Crippen LogP contribution in [0.5, 0.6) is 5.75 Å². The van der Waals surface area contributed by atoms with Gasteiger partial charge in [0.25, 0.3) is 0 Å². The van der Waals surface area contributed by atoms with Crippen LogP contribution in [0.4, 0.5) is 17.3 Å². The first kappa shape index (κ1) is 17.8. The molecule has 3 rings (SSSR count). The van der Waals surface area contributed by atoms with Crippen LogP contribution in [0.25, 0.3) is 0 Å². The Balaban J connectivity index is 0.00000161. The molecule has 1 nitrogen and oxygen atoms in total. The average Bonchev–Trinajstić information content (AvgIpc) is 2.98. The molecule has 0 spiro atoms. The predicted octanol–water partition coefficient (Wildman–Crippen LogP) is 0.699. The zero-order chi connectivity index (χ0) is 14.3. The van der Waals surface area contributed by atoms with E-state index >= 15 is 0 Å². The van der Waals surface area contributed by atoms with Crippen molar-refractivity contribution in [3.8, 4) is 5.75 Å². The molecule has 0 amide bonds. The van der Waals surface area contributed by atoms with Crippen LogP contribution in [0.3, 0.4) is 0 Å². The Hall–Kier alpha value is 0.441. The number of hydrogen-bond donors (Lipinski definition) is 0. The van der Waals surface area contributed by atoms with E-state index in [9.17, 15) is 17.3 Å². The number of ether oxygens (including phenoxy) is 1. The minimum Gasteiger partial charge on any atom is -0.496 e. The Kier molecular flexibility index (Phi) is 5.85. The molecule has 0 aliphatic heterocycles. The SMILES string of the molecule is Fc1ccc(OCC2CC3CCC2C3)c([B-](F)(F)F)c1.[K+]. The summed E-state index contributed by atoms with van der Waals surface area (Å²) in [6.07, 6.45) is 4.65. The van der Waals surface area contributed by atoms with Gasteiger partial charge in [0.05, 0.1) is 12.4 Å². The first-order chi connectivity index (χ1) is 9.43. The molecule has 0 heterocycles. The molecule has 21 heavy (non-hydrogen) atoms. The van der Waals surface area contributed by atoms with Crippen molar-refractivity contribution in [2.75, 3.05) is 6.61 Å². The summed E-state index contributed by atoms with van der Waals surface area (Å²) in [5.41, 5.74) is -0.965. The van der Waals surface area contributed by atoms with Gasteiger partial charge in [0.15, 0.2) is 0 Å². The van der Waals surface area contributed by atoms with Crippen LogP contribution >= 0.6 is 0 Å². The fraction of sp³-hybridized carbons (Fsp3) is 0.571. The molecule has 3 unspecified atom stereocenters. The second-order valence-electron chi connectivity index (χ2n) is 6.00. The molecule has 2 aliphatic rings. The maximum absolute atomic E-state index is 13.0. The summed E-state index contributed by atoms with van der Waals surface area (Å²) in [5.74, 6) is 0.564. The van der Waals surface area contributed by atoms with E-state index < -0.39 is 18.3 Å². The Morgan fingerprint density at radius 3 is 2.48 bits per heavy atom. The minimum atomic E-state index is -5.26. The monoisotopic (exact) mass is 326 g/mol. The summed E-state index contributed by atoms with van der Waals surface area (Å²) < 4.78 is 57.1. The van der Waals surface area contributed by atoms with E-state index in [1.54, 1.807) is 0 Å². The molecule has 7 heteroatoms. The van der Waals surface area contributed by atoms with Gasteiger partial charge in [-0.25, -0.2) is 4.39 Å². The van der Waals surface area contributed by atoms with Gasteiger partial charge in [0.1, 0.15) is 5.82 Å². The number of hydrogen-bond acceptors (Lipinski definition) is 1. The number of benzene rings is 1. The van der Waals surface area contributed by atoms with Crippen LogP contribution < -0.4 is 61.6 Å². The van der Waals surface area contributed by atoms with Gasteiger partial charge >= 0.3 is 58.4 Å². The Morgan fingerprint density at radius 2 is 1.90 bits per heavy atom. The molecule has 0 saturated heterocycles. The second kappa shape index (κ2) is 6.91. The van der Waals surface area contributed by atoms with Gasteiger partial charge in [-0.1, -0.05) is 11.9 Å². The van der Waals surface area contributed by atoms with Crippen LogP contribution in [0.15, 0.2) is 18.2 Å². The van der Waals surface area contributed by atoms with Gasteiger partial charge in [-0.3, -0.25) is 0 Å². The molecule has 0 aromatic heterocycles. The van der Waals surface area contributed by atoms with Gasteiger partial charge in [-0.05, 0) is 55.2 Å². The summed E-state index contributed by atoms with van der Waals surface area (Å²) in [6.45, 7) is -4.94. The van der Waals surface area contributed by atoms with E-state index in [0.717, 1.165) is 30.9 Å². The molecule has 2 aliphatic carbocycles. The molecule has 0 N–H and O–H groups in total. The fourth-order valence-corrected chi connectivity index (χ4v) is 3.68. The molecule has 110 valence electrons. The molecular formula is C14H16BF4KO. The van der Waals surface area contributed by atoms with E-state index in [-0.39, 0.29) is 57.1 Å². The van der Waals surface area contributed by atoms with Crippen molar-refractivity contribution in [3.05, 3.63) is 24.0 Å². The third kappa shape index (κ3) is 4.05. The summed E-state index contributed by atoms with van der Waals surface area (Å²) in [5, 5.41) is 0. The average molecular weight is 326 g/mol. The zero-order valence-corrected chi connectivity index (χ0v) is 15.1. The quantitative estimate of drug-likeness (QED) is 0.585. The molecule has 2 bridgehead atoms. The van der Waals surface area contributed by atoms with Crippen LogP contribution in [0, 0.1) is 23.6 Å². The van der Waals surface area contributed by atoms with E-state index in [4.69, 9.17) is 4.74 Å². The van der Waals surface area contributed by atoms with Crippen LogP contribution in [0.1, 0.15) is 25.7 Å². The normalized spacial score (nSPS) is 27.5. The van der Waals surface area contributed by atoms with Gasteiger partial charge in [0, 0.05) is 0 Å². The summed E-state index contributed by atoms with van der Waals surface area (Å²) >= 11 is 0. The van der Waals surface area contributed by atoms with Crippen molar-refractivity contribution in [2.45, 2.75) is 25.7 Å². The molecule has 1 aromatic rings. The molecule has 2 fully saturated rings. The van der Waals surface area contributed by atoms with Crippen molar-refractivity contribution in [2.24, 2.45) is 17.8 Å². The van der Waals surface area contributed by atoms with Gasteiger partial charge in [0.2, 0.25) is 0 Å². The van der Waals surface area contributed by atoms with Crippen LogP contribution in [-0.4, -0.2) is 13.6 Å². The van der Waals surface area contributed by atoms with Crippen LogP contribution in [0.2, 0.25) is 0 Å². The smallest absolute Gasteiger partial charge is 0.496 e. The third-order valence-electron chi connectivity index (χ3n) is 4.66. The largest absolute Gasteiger partial charge is 1.00 e. The molecule has 0 radical (unpaired) electrons. The van der Waals surface area contributed by atoms with Crippen molar-refractivity contribution in [3.63, 3.8) is 0 Å². The zero-order valence-electron chi connectivity index (χ0n) is 12.0. The first-order valence-corrected chi connectivity index (χ1v) is 7.05. The summed E-state index contributed by atoms with van der Waals surface area (Å²) in [4.78, 5) is 0. The van der Waals surface area contributed by atoms with Gasteiger partial charge < -0.3 is 17.7 Å². The summed E-state index contributed by atoms with van der Waals surface area (Å²) in [7, 11) is 0. The van der Waals surface area contributed by atoms with Crippen LogP contribution in [-0.2, 0) is 0 Å². The van der Waals surface area contributed by atoms with Gasteiger partial charge in [-0.15, -0.1) is 0 Å². The predicted molar refractivity (Wildman–Crippen MR) is 69.5 cm³/mol. The van der Waals surface area contributed by atoms with E-state index in [0.29, 0.717) is 24.5 Å². The van der Waals surface area contributed by atoms with Crippen molar-refractivity contribution >= 4 is 12.4 Å². The second-order valence-corrected chi connectivity index (χ2v) is 6.00. The van der Waals surface area contributed by atoms with E-state index in [1.165, 1.54) is 12.8 Å². The topological polar surface area (TPSA) is 9.23 Å². The molecular weight excluding hydrogens is 310 g/mol. The molecule has 1 aromatic carbocycles. The van der Waals surface area contributed by atoms with Crippen molar-refractivity contribution < 1.29 is 73.5 Å². The standard InChI is InChI=1S/C14H16BF4O.K/c16-12-3-4-14(13(7-12)15(17,18)19)20-8-11-6-9-1-2-10(11)5-9;/h3-4,7,9-11H,1-2,5-6,8H2;/q-1;+1. The summed E-state index contributed by atoms with van der Waals surface area (Å²) in [6, 6.07) is 2.63. The number of halogens is 4. The number of fused-ring (bicyclic) bond motifs is 2. The molecule has 2 saturated carbocycles. The number of rotatable bonds is 4. The maximum Gasteiger partial charge on any atom is 1.00 e. The Morgan fingerprint density at radius 1 is 1.14 bits per heavy atom. The van der Waals surface area contributed by atoms with E-state index in [2.05, 4.69) is 0 Å². The Bertz CT molecular complexity index is 508. The fourth-order valence-electron chi connectivity index (χ4n) is 3.68. The van der Waals surface area contributed by atoms with Gasteiger partial charge in [-0.2, -0.15) is 0 Å².